The standard InChI is InChI=1S/C16H22N2OS/c1-3-20-15-7-4-6-14(13(15)12-17)18-10-5-8-16(2,19)9-11-18/h4,6-7,19H,3,5,8-11H2,1-2H3. The Kier molecular flexibility index (Phi) is 4.95. The minimum Gasteiger partial charge on any atom is -0.390 e. The summed E-state index contributed by atoms with van der Waals surface area (Å²) in [5.74, 6) is 0.965. The first-order valence-corrected chi connectivity index (χ1v) is 8.19. The van der Waals surface area contributed by atoms with Crippen molar-refractivity contribution >= 4 is 17.4 Å². The Labute approximate surface area is 125 Å². The maximum Gasteiger partial charge on any atom is 0.103 e. The Balaban J connectivity index is 2.28. The van der Waals surface area contributed by atoms with E-state index in [1.54, 1.807) is 11.8 Å². The zero-order chi connectivity index (χ0) is 14.6. The van der Waals surface area contributed by atoms with Crippen molar-refractivity contribution in [2.75, 3.05) is 23.7 Å². The van der Waals surface area contributed by atoms with E-state index in [1.165, 1.54) is 0 Å². The van der Waals surface area contributed by atoms with Crippen molar-refractivity contribution in [1.82, 2.24) is 0 Å². The van der Waals surface area contributed by atoms with Crippen molar-refractivity contribution in [2.45, 2.75) is 43.6 Å². The number of hydrogen-bond donors (Lipinski definition) is 1. The molecule has 0 saturated carbocycles. The van der Waals surface area contributed by atoms with Gasteiger partial charge in [0.1, 0.15) is 6.07 Å². The number of rotatable bonds is 3. The monoisotopic (exact) mass is 290 g/mol. The van der Waals surface area contributed by atoms with Crippen LogP contribution in [-0.4, -0.2) is 29.5 Å². The van der Waals surface area contributed by atoms with Crippen LogP contribution in [0.15, 0.2) is 23.1 Å². The molecule has 1 aromatic carbocycles. The molecular weight excluding hydrogens is 268 g/mol. The van der Waals surface area contributed by atoms with E-state index in [1.807, 2.05) is 25.1 Å². The molecule has 0 radical (unpaired) electrons. The second-order valence-electron chi connectivity index (χ2n) is 5.53. The molecule has 1 heterocycles. The molecule has 0 bridgehead atoms. The second kappa shape index (κ2) is 6.51. The molecule has 1 aliphatic heterocycles. The lowest BCUT2D eigenvalue weighted by Crippen LogP contribution is -2.28. The average Bonchev–Trinajstić information content (AvgIpc) is 2.60. The van der Waals surface area contributed by atoms with Crippen LogP contribution in [0, 0.1) is 11.3 Å². The molecule has 1 aliphatic rings. The van der Waals surface area contributed by atoms with E-state index in [0.29, 0.717) is 0 Å². The van der Waals surface area contributed by atoms with Crippen LogP contribution in [0.5, 0.6) is 0 Å². The Morgan fingerprint density at radius 3 is 2.90 bits per heavy atom. The molecule has 1 N–H and O–H groups in total. The molecule has 1 unspecified atom stereocenters. The van der Waals surface area contributed by atoms with Crippen molar-refractivity contribution in [3.05, 3.63) is 23.8 Å². The number of thioether (sulfide) groups is 1. The van der Waals surface area contributed by atoms with Crippen LogP contribution in [0.4, 0.5) is 5.69 Å². The molecule has 108 valence electrons. The summed E-state index contributed by atoms with van der Waals surface area (Å²) >= 11 is 1.71. The van der Waals surface area contributed by atoms with Gasteiger partial charge in [-0.15, -0.1) is 11.8 Å². The van der Waals surface area contributed by atoms with Crippen molar-refractivity contribution in [1.29, 1.82) is 5.26 Å². The number of anilines is 1. The van der Waals surface area contributed by atoms with E-state index < -0.39 is 5.60 Å². The fraction of sp³-hybridized carbons (Fsp3) is 0.562. The molecule has 4 heteroatoms. The predicted octanol–water partition coefficient (Wildman–Crippen LogP) is 3.41. The summed E-state index contributed by atoms with van der Waals surface area (Å²) in [7, 11) is 0. The van der Waals surface area contributed by atoms with Gasteiger partial charge in [0, 0.05) is 18.0 Å². The minimum absolute atomic E-state index is 0.572. The largest absolute Gasteiger partial charge is 0.390 e. The molecular formula is C16H22N2OS. The van der Waals surface area contributed by atoms with Gasteiger partial charge in [-0.2, -0.15) is 5.26 Å². The molecule has 3 nitrogen and oxygen atoms in total. The Bertz CT molecular complexity index is 508. The Hall–Kier alpha value is -1.18. The highest BCUT2D eigenvalue weighted by molar-refractivity contribution is 7.99. The summed E-state index contributed by atoms with van der Waals surface area (Å²) in [5.41, 5.74) is 1.22. The second-order valence-corrected chi connectivity index (χ2v) is 6.84. The summed E-state index contributed by atoms with van der Waals surface area (Å²) in [5, 5.41) is 19.7. The van der Waals surface area contributed by atoms with E-state index >= 15 is 0 Å². The molecule has 0 aliphatic carbocycles. The summed E-state index contributed by atoms with van der Waals surface area (Å²) in [6.45, 7) is 5.72. The zero-order valence-corrected chi connectivity index (χ0v) is 13.0. The molecule has 2 rings (SSSR count). The molecule has 1 atom stereocenters. The third-order valence-corrected chi connectivity index (χ3v) is 4.76. The van der Waals surface area contributed by atoms with Crippen molar-refractivity contribution in [3.63, 3.8) is 0 Å². The van der Waals surface area contributed by atoms with Crippen LogP contribution >= 0.6 is 11.8 Å². The van der Waals surface area contributed by atoms with Crippen LogP contribution in [0.3, 0.4) is 0 Å². The van der Waals surface area contributed by atoms with Crippen LogP contribution < -0.4 is 4.90 Å². The molecule has 0 aromatic heterocycles. The van der Waals surface area contributed by atoms with Gasteiger partial charge < -0.3 is 10.0 Å². The van der Waals surface area contributed by atoms with Gasteiger partial charge in [-0.3, -0.25) is 0 Å². The number of hydrogen-bond acceptors (Lipinski definition) is 4. The third-order valence-electron chi connectivity index (χ3n) is 3.82. The fourth-order valence-electron chi connectivity index (χ4n) is 2.68. The SMILES string of the molecule is CCSc1cccc(N2CCCC(C)(O)CC2)c1C#N. The molecule has 1 fully saturated rings. The van der Waals surface area contributed by atoms with Gasteiger partial charge in [0.05, 0.1) is 16.9 Å². The van der Waals surface area contributed by atoms with Gasteiger partial charge in [-0.05, 0) is 44.1 Å². The summed E-state index contributed by atoms with van der Waals surface area (Å²) < 4.78 is 0. The minimum atomic E-state index is -0.572. The third kappa shape index (κ3) is 3.47. The van der Waals surface area contributed by atoms with Crippen LogP contribution in [0.2, 0.25) is 0 Å². The highest BCUT2D eigenvalue weighted by Gasteiger charge is 2.26. The number of nitriles is 1. The number of nitrogens with zero attached hydrogens (tertiary/aromatic N) is 2. The first-order chi connectivity index (χ1) is 9.57. The quantitative estimate of drug-likeness (QED) is 0.867. The molecule has 0 spiro atoms. The van der Waals surface area contributed by atoms with Crippen LogP contribution in [0.1, 0.15) is 38.7 Å². The first kappa shape index (κ1) is 15.2. The van der Waals surface area contributed by atoms with Gasteiger partial charge in [0.25, 0.3) is 0 Å². The van der Waals surface area contributed by atoms with Crippen molar-refractivity contribution in [3.8, 4) is 6.07 Å². The fourth-order valence-corrected chi connectivity index (χ4v) is 3.46. The summed E-state index contributed by atoms with van der Waals surface area (Å²) in [6, 6.07) is 8.43. The van der Waals surface area contributed by atoms with E-state index in [-0.39, 0.29) is 0 Å². The molecule has 0 amide bonds. The molecule has 1 aromatic rings. The van der Waals surface area contributed by atoms with Crippen molar-refractivity contribution in [2.24, 2.45) is 0 Å². The maximum atomic E-state index is 10.2. The summed E-state index contributed by atoms with van der Waals surface area (Å²) in [4.78, 5) is 3.31. The predicted molar refractivity (Wildman–Crippen MR) is 84.2 cm³/mol. The lowest BCUT2D eigenvalue weighted by atomic mass is 9.98. The lowest BCUT2D eigenvalue weighted by Gasteiger charge is -2.25. The van der Waals surface area contributed by atoms with Crippen molar-refractivity contribution < 1.29 is 5.11 Å². The number of benzene rings is 1. The van der Waals surface area contributed by atoms with Gasteiger partial charge in [0.15, 0.2) is 0 Å². The molecule has 1 saturated heterocycles. The zero-order valence-electron chi connectivity index (χ0n) is 12.2. The average molecular weight is 290 g/mol. The summed E-state index contributed by atoms with van der Waals surface area (Å²) in [6.07, 6.45) is 2.54. The van der Waals surface area contributed by atoms with E-state index in [0.717, 1.165) is 54.3 Å². The number of aliphatic hydroxyl groups is 1. The van der Waals surface area contributed by atoms with Gasteiger partial charge in [-0.25, -0.2) is 0 Å². The Morgan fingerprint density at radius 1 is 1.40 bits per heavy atom. The van der Waals surface area contributed by atoms with Gasteiger partial charge in [0.2, 0.25) is 0 Å². The topological polar surface area (TPSA) is 47.3 Å². The highest BCUT2D eigenvalue weighted by atomic mass is 32.2. The smallest absolute Gasteiger partial charge is 0.103 e. The molecule has 20 heavy (non-hydrogen) atoms. The lowest BCUT2D eigenvalue weighted by molar-refractivity contribution is 0.0481. The van der Waals surface area contributed by atoms with E-state index in [9.17, 15) is 10.4 Å². The Morgan fingerprint density at radius 2 is 2.20 bits per heavy atom. The van der Waals surface area contributed by atoms with Crippen LogP contribution in [0.25, 0.3) is 0 Å². The first-order valence-electron chi connectivity index (χ1n) is 7.20. The van der Waals surface area contributed by atoms with Crippen LogP contribution in [-0.2, 0) is 0 Å². The van der Waals surface area contributed by atoms with Gasteiger partial charge in [-0.1, -0.05) is 13.0 Å². The van der Waals surface area contributed by atoms with E-state index in [4.69, 9.17) is 0 Å². The normalized spacial score (nSPS) is 23.2. The van der Waals surface area contributed by atoms with E-state index in [2.05, 4.69) is 17.9 Å². The van der Waals surface area contributed by atoms with Gasteiger partial charge >= 0.3 is 0 Å². The highest BCUT2D eigenvalue weighted by Crippen LogP contribution is 2.32. The maximum absolute atomic E-state index is 10.2.